The number of rotatable bonds is 2. The van der Waals surface area contributed by atoms with Crippen molar-refractivity contribution in [3.8, 4) is 6.07 Å². The minimum Gasteiger partial charge on any atom is -0.299 e. The fourth-order valence-corrected chi connectivity index (χ4v) is 1.17. The molecule has 0 aromatic rings. The lowest BCUT2D eigenvalue weighted by atomic mass is 10.1. The van der Waals surface area contributed by atoms with E-state index in [0.717, 1.165) is 13.1 Å². The summed E-state index contributed by atoms with van der Waals surface area (Å²) in [6, 6.07) is 2.03. The molecule has 2 heteroatoms. The molecule has 0 spiro atoms. The van der Waals surface area contributed by atoms with Gasteiger partial charge in [0.05, 0.1) is 6.07 Å². The summed E-state index contributed by atoms with van der Waals surface area (Å²) in [5.41, 5.74) is 0.351. The average molecular weight is 198 g/mol. The maximum Gasteiger partial charge on any atom is 0.0649 e. The summed E-state index contributed by atoms with van der Waals surface area (Å²) in [6.07, 6.45) is 0. The molecule has 0 aromatic carbocycles. The number of nitrogens with zero attached hydrogens (tertiary/aromatic N) is 2. The van der Waals surface area contributed by atoms with Crippen LogP contribution in [0.1, 0.15) is 48.5 Å². The van der Waals surface area contributed by atoms with Crippen LogP contribution in [0.3, 0.4) is 0 Å². The van der Waals surface area contributed by atoms with Crippen LogP contribution in [0, 0.1) is 17.2 Å². The fraction of sp³-hybridized carbons (Fsp3) is 0.917. The minimum atomic E-state index is 0.190. The maximum absolute atomic E-state index is 7.89. The highest BCUT2D eigenvalue weighted by Crippen LogP contribution is 2.10. The second-order valence-electron chi connectivity index (χ2n) is 4.63. The molecule has 0 radical (unpaired) electrons. The second kappa shape index (κ2) is 7.82. The molecule has 0 atom stereocenters. The summed E-state index contributed by atoms with van der Waals surface area (Å²) < 4.78 is 0. The zero-order valence-electron chi connectivity index (χ0n) is 10.9. The van der Waals surface area contributed by atoms with E-state index in [0.29, 0.717) is 5.54 Å². The van der Waals surface area contributed by atoms with Crippen LogP contribution in [0.2, 0.25) is 0 Å². The molecular weight excluding hydrogens is 172 g/mol. The van der Waals surface area contributed by atoms with Crippen LogP contribution >= 0.6 is 0 Å². The van der Waals surface area contributed by atoms with E-state index in [1.54, 1.807) is 0 Å². The van der Waals surface area contributed by atoms with Crippen LogP contribution in [0.15, 0.2) is 0 Å². The Labute approximate surface area is 89.9 Å². The third-order valence-electron chi connectivity index (χ3n) is 1.97. The molecule has 0 saturated carbocycles. The van der Waals surface area contributed by atoms with Gasteiger partial charge in [-0.2, -0.15) is 5.26 Å². The summed E-state index contributed by atoms with van der Waals surface area (Å²) in [5, 5.41) is 7.89. The number of hydrogen-bond donors (Lipinski definition) is 0. The molecule has 0 rings (SSSR count). The SMILES string of the molecule is CC(C)C#N.CCN(CC)C(C)(C)C. The Balaban J connectivity index is 0. The minimum absolute atomic E-state index is 0.190. The predicted molar refractivity (Wildman–Crippen MR) is 63.1 cm³/mol. The largest absolute Gasteiger partial charge is 0.299 e. The zero-order chi connectivity index (χ0) is 11.8. The van der Waals surface area contributed by atoms with Crippen LogP contribution in [-0.2, 0) is 0 Å². The van der Waals surface area contributed by atoms with Gasteiger partial charge in [-0.05, 0) is 47.7 Å². The Kier molecular flexibility index (Phi) is 8.88. The zero-order valence-corrected chi connectivity index (χ0v) is 10.9. The van der Waals surface area contributed by atoms with Crippen LogP contribution in [0.4, 0.5) is 0 Å². The molecular formula is C12H26N2. The molecule has 0 aromatic heterocycles. The third kappa shape index (κ3) is 9.54. The van der Waals surface area contributed by atoms with Gasteiger partial charge in [-0.1, -0.05) is 13.8 Å². The molecule has 0 saturated heterocycles. The lowest BCUT2D eigenvalue weighted by Crippen LogP contribution is -2.40. The number of hydrogen-bond acceptors (Lipinski definition) is 2. The molecule has 0 heterocycles. The Hall–Kier alpha value is -0.550. The van der Waals surface area contributed by atoms with E-state index in [1.165, 1.54) is 0 Å². The van der Waals surface area contributed by atoms with Crippen molar-refractivity contribution in [2.24, 2.45) is 5.92 Å². The Morgan fingerprint density at radius 2 is 1.43 bits per heavy atom. The van der Waals surface area contributed by atoms with Gasteiger partial charge in [0.15, 0.2) is 0 Å². The molecule has 0 aliphatic carbocycles. The summed E-state index contributed by atoms with van der Waals surface area (Å²) in [4.78, 5) is 2.44. The van der Waals surface area contributed by atoms with Gasteiger partial charge in [0, 0.05) is 11.5 Å². The van der Waals surface area contributed by atoms with Crippen LogP contribution in [0.5, 0.6) is 0 Å². The van der Waals surface area contributed by atoms with Crippen LogP contribution in [0.25, 0.3) is 0 Å². The molecule has 0 unspecified atom stereocenters. The van der Waals surface area contributed by atoms with E-state index in [2.05, 4.69) is 39.5 Å². The van der Waals surface area contributed by atoms with E-state index in [4.69, 9.17) is 5.26 Å². The monoisotopic (exact) mass is 198 g/mol. The normalized spacial score (nSPS) is 10.9. The van der Waals surface area contributed by atoms with Crippen molar-refractivity contribution in [2.75, 3.05) is 13.1 Å². The van der Waals surface area contributed by atoms with Crippen molar-refractivity contribution < 1.29 is 0 Å². The van der Waals surface area contributed by atoms with E-state index in [1.807, 2.05) is 19.9 Å². The molecule has 0 N–H and O–H groups in total. The standard InChI is InChI=1S/C8H19N.C4H7N/c1-6-9(7-2)8(3,4)5;1-4(2)3-5/h6-7H2,1-5H3;4H,1-2H3. The summed E-state index contributed by atoms with van der Waals surface area (Å²) in [7, 11) is 0. The van der Waals surface area contributed by atoms with Crippen molar-refractivity contribution in [2.45, 2.75) is 54.0 Å². The second-order valence-corrected chi connectivity index (χ2v) is 4.63. The van der Waals surface area contributed by atoms with E-state index in [9.17, 15) is 0 Å². The summed E-state index contributed by atoms with van der Waals surface area (Å²) >= 11 is 0. The fourth-order valence-electron chi connectivity index (χ4n) is 1.17. The first-order valence-electron chi connectivity index (χ1n) is 5.44. The summed E-state index contributed by atoms with van der Waals surface area (Å²) in [6.45, 7) is 17.2. The third-order valence-corrected chi connectivity index (χ3v) is 1.97. The summed E-state index contributed by atoms with van der Waals surface area (Å²) in [5.74, 6) is 0.190. The quantitative estimate of drug-likeness (QED) is 0.681. The highest BCUT2D eigenvalue weighted by Gasteiger charge is 2.16. The Morgan fingerprint density at radius 1 is 1.14 bits per heavy atom. The maximum atomic E-state index is 7.89. The molecule has 0 aliphatic heterocycles. The van der Waals surface area contributed by atoms with Gasteiger partial charge in [0.2, 0.25) is 0 Å². The predicted octanol–water partition coefficient (Wildman–Crippen LogP) is 3.29. The molecule has 14 heavy (non-hydrogen) atoms. The highest BCUT2D eigenvalue weighted by molar-refractivity contribution is 4.73. The number of nitriles is 1. The molecule has 0 fully saturated rings. The van der Waals surface area contributed by atoms with Gasteiger partial charge in [0.25, 0.3) is 0 Å². The molecule has 0 aliphatic rings. The topological polar surface area (TPSA) is 27.0 Å². The van der Waals surface area contributed by atoms with Crippen molar-refractivity contribution >= 4 is 0 Å². The molecule has 0 bridgehead atoms. The smallest absolute Gasteiger partial charge is 0.0649 e. The Morgan fingerprint density at radius 3 is 1.43 bits per heavy atom. The van der Waals surface area contributed by atoms with Crippen LogP contribution < -0.4 is 0 Å². The lowest BCUT2D eigenvalue weighted by molar-refractivity contribution is 0.153. The van der Waals surface area contributed by atoms with E-state index in [-0.39, 0.29) is 5.92 Å². The van der Waals surface area contributed by atoms with Gasteiger partial charge < -0.3 is 0 Å². The Bertz CT molecular complexity index is 156. The first kappa shape index (κ1) is 15.9. The van der Waals surface area contributed by atoms with E-state index >= 15 is 0 Å². The van der Waals surface area contributed by atoms with Crippen molar-refractivity contribution in [3.63, 3.8) is 0 Å². The van der Waals surface area contributed by atoms with Gasteiger partial charge in [-0.3, -0.25) is 4.90 Å². The van der Waals surface area contributed by atoms with Gasteiger partial charge in [-0.15, -0.1) is 0 Å². The first-order valence-corrected chi connectivity index (χ1v) is 5.44. The molecule has 2 nitrogen and oxygen atoms in total. The molecule has 84 valence electrons. The van der Waals surface area contributed by atoms with Crippen molar-refractivity contribution in [1.82, 2.24) is 4.90 Å². The van der Waals surface area contributed by atoms with Crippen LogP contribution in [-0.4, -0.2) is 23.5 Å². The van der Waals surface area contributed by atoms with Crippen molar-refractivity contribution in [1.29, 1.82) is 5.26 Å². The molecule has 0 amide bonds. The first-order chi connectivity index (χ1) is 6.29. The average Bonchev–Trinajstić information content (AvgIpc) is 2.05. The van der Waals surface area contributed by atoms with Gasteiger partial charge in [0.1, 0.15) is 0 Å². The van der Waals surface area contributed by atoms with Gasteiger partial charge in [-0.25, -0.2) is 0 Å². The van der Waals surface area contributed by atoms with Crippen molar-refractivity contribution in [3.05, 3.63) is 0 Å². The van der Waals surface area contributed by atoms with E-state index < -0.39 is 0 Å². The lowest BCUT2D eigenvalue weighted by Gasteiger charge is -2.33. The highest BCUT2D eigenvalue weighted by atomic mass is 15.2. The van der Waals surface area contributed by atoms with Gasteiger partial charge >= 0.3 is 0 Å².